The van der Waals surface area contributed by atoms with Crippen LogP contribution in [0.4, 0.5) is 0 Å². The van der Waals surface area contributed by atoms with Gasteiger partial charge in [0.2, 0.25) is 0 Å². The van der Waals surface area contributed by atoms with Crippen molar-refractivity contribution in [3.05, 3.63) is 11.9 Å². The van der Waals surface area contributed by atoms with Gasteiger partial charge in [0.25, 0.3) is 0 Å². The maximum Gasteiger partial charge on any atom is 0.107 e. The maximum absolute atomic E-state index is 9.61. The van der Waals surface area contributed by atoms with Gasteiger partial charge in [-0.05, 0) is 12.8 Å². The largest absolute Gasteiger partial charge is 0.384 e. The molecule has 0 atom stereocenters. The van der Waals surface area contributed by atoms with Crippen molar-refractivity contribution in [3.8, 4) is 0 Å². The van der Waals surface area contributed by atoms with Crippen molar-refractivity contribution in [1.29, 1.82) is 0 Å². The van der Waals surface area contributed by atoms with Gasteiger partial charge in [0.1, 0.15) is 5.60 Å². The van der Waals surface area contributed by atoms with E-state index in [2.05, 4.69) is 11.0 Å². The molecule has 0 unspecified atom stereocenters. The van der Waals surface area contributed by atoms with Crippen molar-refractivity contribution >= 4 is 0 Å². The molecule has 0 bridgehead atoms. The van der Waals surface area contributed by atoms with Crippen LogP contribution in [0.15, 0.2) is 11.9 Å². The standard InChI is InChI=1S/C6H11N3O/c1-9-5(4-7-8-9)6(10)2-3-6/h4,7-8,10H,2-3H2,1H3. The Morgan fingerprint density at radius 3 is 2.80 bits per heavy atom. The summed E-state index contributed by atoms with van der Waals surface area (Å²) in [5.41, 5.74) is 6.07. The Morgan fingerprint density at radius 2 is 2.40 bits per heavy atom. The fourth-order valence-electron chi connectivity index (χ4n) is 1.18. The number of likely N-dealkylation sites (N-methyl/N-ethyl adjacent to an activating group) is 1. The van der Waals surface area contributed by atoms with Crippen LogP contribution >= 0.6 is 0 Å². The van der Waals surface area contributed by atoms with Gasteiger partial charge < -0.3 is 10.5 Å². The van der Waals surface area contributed by atoms with Crippen molar-refractivity contribution in [2.75, 3.05) is 7.05 Å². The summed E-state index contributed by atoms with van der Waals surface area (Å²) in [7, 11) is 1.88. The Balaban J connectivity index is 2.17. The predicted octanol–water partition coefficient (Wildman–Crippen LogP) is -0.693. The first-order chi connectivity index (χ1) is 4.72. The Bertz CT molecular complexity index is 185. The fourth-order valence-corrected chi connectivity index (χ4v) is 1.18. The number of hydrogen-bond donors (Lipinski definition) is 3. The van der Waals surface area contributed by atoms with Crippen LogP contribution in [0.25, 0.3) is 0 Å². The van der Waals surface area contributed by atoms with Crippen LogP contribution in [-0.2, 0) is 0 Å². The second-order valence-corrected chi connectivity index (χ2v) is 2.88. The molecule has 3 N–H and O–H groups in total. The van der Waals surface area contributed by atoms with E-state index in [1.807, 2.05) is 7.05 Å². The van der Waals surface area contributed by atoms with E-state index in [-0.39, 0.29) is 0 Å². The number of aliphatic hydroxyl groups is 1. The summed E-state index contributed by atoms with van der Waals surface area (Å²) >= 11 is 0. The lowest BCUT2D eigenvalue weighted by Crippen LogP contribution is -2.36. The molecule has 0 aromatic rings. The minimum absolute atomic E-state index is 0.536. The average molecular weight is 141 g/mol. The van der Waals surface area contributed by atoms with Gasteiger partial charge >= 0.3 is 0 Å². The summed E-state index contributed by atoms with van der Waals surface area (Å²) in [5, 5.41) is 11.4. The van der Waals surface area contributed by atoms with Crippen LogP contribution in [0.1, 0.15) is 12.8 Å². The lowest BCUT2D eigenvalue weighted by molar-refractivity contribution is 0.140. The number of rotatable bonds is 1. The normalized spacial score (nSPS) is 27.8. The zero-order valence-corrected chi connectivity index (χ0v) is 5.89. The first kappa shape index (κ1) is 6.00. The fraction of sp³-hybridized carbons (Fsp3) is 0.667. The molecule has 1 fully saturated rings. The lowest BCUT2D eigenvalue weighted by Gasteiger charge is -2.18. The summed E-state index contributed by atoms with van der Waals surface area (Å²) in [6.45, 7) is 0. The monoisotopic (exact) mass is 141 g/mol. The molecule has 0 saturated heterocycles. The highest BCUT2D eigenvalue weighted by atomic mass is 16.3. The molecule has 2 aliphatic rings. The van der Waals surface area contributed by atoms with Crippen molar-refractivity contribution in [1.82, 2.24) is 16.0 Å². The predicted molar refractivity (Wildman–Crippen MR) is 36.3 cm³/mol. The third-order valence-corrected chi connectivity index (χ3v) is 2.00. The molecular formula is C6H11N3O. The van der Waals surface area contributed by atoms with Gasteiger partial charge in [0, 0.05) is 13.2 Å². The highest BCUT2D eigenvalue weighted by molar-refractivity contribution is 5.23. The quantitative estimate of drug-likeness (QED) is 0.452. The highest BCUT2D eigenvalue weighted by Crippen LogP contribution is 2.42. The van der Waals surface area contributed by atoms with E-state index in [4.69, 9.17) is 0 Å². The number of nitrogens with zero attached hydrogens (tertiary/aromatic N) is 1. The number of nitrogens with one attached hydrogen (secondary N) is 2. The van der Waals surface area contributed by atoms with E-state index in [9.17, 15) is 5.11 Å². The van der Waals surface area contributed by atoms with Gasteiger partial charge in [-0.25, -0.2) is 0 Å². The summed E-state index contributed by atoms with van der Waals surface area (Å²) in [4.78, 5) is 0. The molecule has 0 radical (unpaired) electrons. The first-order valence-corrected chi connectivity index (χ1v) is 3.40. The van der Waals surface area contributed by atoms with Gasteiger partial charge in [-0.15, -0.1) is 5.53 Å². The Hall–Kier alpha value is -0.740. The Labute approximate surface area is 59.5 Å². The summed E-state index contributed by atoms with van der Waals surface area (Å²) in [6, 6.07) is 0. The van der Waals surface area contributed by atoms with E-state index in [1.165, 1.54) is 0 Å². The Kier molecular flexibility index (Phi) is 0.988. The van der Waals surface area contributed by atoms with Crippen LogP contribution < -0.4 is 11.0 Å². The maximum atomic E-state index is 9.61. The van der Waals surface area contributed by atoms with Crippen LogP contribution in [0, 0.1) is 0 Å². The molecule has 2 rings (SSSR count). The Morgan fingerprint density at radius 1 is 1.70 bits per heavy atom. The number of hydrogen-bond acceptors (Lipinski definition) is 4. The van der Waals surface area contributed by atoms with Crippen LogP contribution in [0.5, 0.6) is 0 Å². The molecule has 10 heavy (non-hydrogen) atoms. The molecule has 1 saturated carbocycles. The van der Waals surface area contributed by atoms with Gasteiger partial charge in [-0.1, -0.05) is 0 Å². The van der Waals surface area contributed by atoms with Gasteiger partial charge in [-0.3, -0.25) is 5.01 Å². The molecule has 4 heteroatoms. The second kappa shape index (κ2) is 1.65. The molecule has 0 amide bonds. The van der Waals surface area contributed by atoms with E-state index in [0.29, 0.717) is 0 Å². The molecule has 0 spiro atoms. The van der Waals surface area contributed by atoms with E-state index in [1.54, 1.807) is 11.2 Å². The minimum Gasteiger partial charge on any atom is -0.384 e. The number of hydrazine groups is 2. The lowest BCUT2D eigenvalue weighted by atomic mass is 10.2. The molecule has 0 aromatic carbocycles. The first-order valence-electron chi connectivity index (χ1n) is 3.40. The summed E-state index contributed by atoms with van der Waals surface area (Å²) in [5.74, 6) is 0. The molecule has 0 aromatic heterocycles. The molecule has 56 valence electrons. The van der Waals surface area contributed by atoms with Crippen molar-refractivity contribution in [2.45, 2.75) is 18.4 Å². The van der Waals surface area contributed by atoms with E-state index < -0.39 is 5.60 Å². The van der Waals surface area contributed by atoms with E-state index in [0.717, 1.165) is 18.5 Å². The van der Waals surface area contributed by atoms with E-state index >= 15 is 0 Å². The molecule has 4 nitrogen and oxygen atoms in total. The topological polar surface area (TPSA) is 47.5 Å². The average Bonchev–Trinajstić information content (AvgIpc) is 2.44. The smallest absolute Gasteiger partial charge is 0.107 e. The van der Waals surface area contributed by atoms with Crippen LogP contribution in [0.2, 0.25) is 0 Å². The SMILES string of the molecule is CN1NNC=C1C1(O)CC1. The van der Waals surface area contributed by atoms with Gasteiger partial charge in [0.05, 0.1) is 5.70 Å². The molecular weight excluding hydrogens is 130 g/mol. The van der Waals surface area contributed by atoms with Crippen LogP contribution in [0.3, 0.4) is 0 Å². The molecule has 1 aliphatic heterocycles. The van der Waals surface area contributed by atoms with Crippen LogP contribution in [-0.4, -0.2) is 22.8 Å². The third-order valence-electron chi connectivity index (χ3n) is 2.00. The van der Waals surface area contributed by atoms with Crippen molar-refractivity contribution in [2.24, 2.45) is 0 Å². The minimum atomic E-state index is -0.536. The highest BCUT2D eigenvalue weighted by Gasteiger charge is 2.47. The van der Waals surface area contributed by atoms with Crippen molar-refractivity contribution < 1.29 is 5.11 Å². The zero-order valence-electron chi connectivity index (χ0n) is 5.89. The van der Waals surface area contributed by atoms with Crippen molar-refractivity contribution in [3.63, 3.8) is 0 Å². The third kappa shape index (κ3) is 0.693. The second-order valence-electron chi connectivity index (χ2n) is 2.88. The molecule has 1 heterocycles. The summed E-state index contributed by atoms with van der Waals surface area (Å²) in [6.07, 6.45) is 3.56. The summed E-state index contributed by atoms with van der Waals surface area (Å²) < 4.78 is 0. The van der Waals surface area contributed by atoms with Gasteiger partial charge in [-0.2, -0.15) is 0 Å². The zero-order chi connectivity index (χ0) is 7.19. The van der Waals surface area contributed by atoms with Gasteiger partial charge in [0.15, 0.2) is 0 Å². The molecule has 1 aliphatic carbocycles.